The van der Waals surface area contributed by atoms with E-state index in [1.165, 1.54) is 16.7 Å². The normalized spacial score (nSPS) is 23.9. The quantitative estimate of drug-likeness (QED) is 0.172. The Labute approximate surface area is 216 Å². The molecule has 172 valence electrons. The van der Waals surface area contributed by atoms with E-state index in [9.17, 15) is 34.4 Å². The average molecular weight is 486 g/mol. The third-order valence-corrected chi connectivity index (χ3v) is 7.22. The van der Waals surface area contributed by atoms with Crippen molar-refractivity contribution in [1.82, 2.24) is 15.5 Å². The second-order valence-corrected chi connectivity index (χ2v) is 10.5. The van der Waals surface area contributed by atoms with Crippen molar-refractivity contribution in [2.45, 2.75) is 61.5 Å². The van der Waals surface area contributed by atoms with Crippen molar-refractivity contribution in [2.75, 3.05) is 0 Å². The Morgan fingerprint density at radius 1 is 1.21 bits per heavy atom. The molecular weight excluding hydrogens is 463 g/mol. The molecule has 2 fully saturated rings. The number of β-lactam (4-membered cyclic amide) rings is 1. The van der Waals surface area contributed by atoms with Gasteiger partial charge in [-0.15, -0.1) is 11.8 Å². The Balaban J connectivity index is 0.00000385. The van der Waals surface area contributed by atoms with Crippen LogP contribution in [0.25, 0.3) is 0 Å². The summed E-state index contributed by atoms with van der Waals surface area (Å²) >= 11 is 1.23. The van der Waals surface area contributed by atoms with Gasteiger partial charge in [0.1, 0.15) is 17.5 Å². The van der Waals surface area contributed by atoms with E-state index in [1.54, 1.807) is 44.2 Å². The molecule has 0 bridgehead atoms. The van der Waals surface area contributed by atoms with E-state index < -0.39 is 62.4 Å². The Morgan fingerprint density at radius 2 is 1.79 bits per heavy atom. The van der Waals surface area contributed by atoms with Crippen molar-refractivity contribution < 1.29 is 58.8 Å². The molecule has 2 aliphatic rings. The van der Waals surface area contributed by atoms with Gasteiger partial charge in [-0.05, 0) is 19.4 Å². The maximum Gasteiger partial charge on any atom is 1.00 e. The van der Waals surface area contributed by atoms with Crippen LogP contribution < -0.4 is 45.3 Å². The van der Waals surface area contributed by atoms with Crippen LogP contribution in [0.1, 0.15) is 39.3 Å². The van der Waals surface area contributed by atoms with Gasteiger partial charge in [0, 0.05) is 23.5 Å². The van der Waals surface area contributed by atoms with Crippen molar-refractivity contribution in [3.8, 4) is 0 Å². The number of carboxylic acid groups (broad SMARTS) is 1. The van der Waals surface area contributed by atoms with Gasteiger partial charge >= 0.3 is 29.6 Å². The van der Waals surface area contributed by atoms with Gasteiger partial charge in [-0.3, -0.25) is 24.5 Å². The van der Waals surface area contributed by atoms with Crippen molar-refractivity contribution in [2.24, 2.45) is 0 Å². The molecule has 0 spiro atoms. The molecule has 0 saturated carbocycles. The first-order valence-corrected chi connectivity index (χ1v) is 10.7. The number of rotatable bonds is 7. The van der Waals surface area contributed by atoms with E-state index >= 15 is 0 Å². The predicted octanol–water partition coefficient (Wildman–Crippen LogP) is -3.80. The summed E-state index contributed by atoms with van der Waals surface area (Å²) in [5.41, 5.74) is -1.61. The van der Waals surface area contributed by atoms with Crippen molar-refractivity contribution >= 4 is 35.5 Å². The minimum atomic E-state index is -1.98. The standard InChI is InChI=1S/C20H24N4O7S.Na/c1-19(2,24(30)31)18(29)22-11(10-8-6-5-7-9-10)14(25)21-12-15(26)23-13(17(27)28)20(3,4)32-16(12)23;/h5-9,11-13,16H,1-4H3,(H,21,25)(H,22,29)(H,27,28);/q;+1/p-1/t11?,12-,13+,16-;/m1./s1. The van der Waals surface area contributed by atoms with Crippen molar-refractivity contribution in [3.05, 3.63) is 46.0 Å². The molecule has 0 radical (unpaired) electrons. The predicted molar refractivity (Wildman–Crippen MR) is 111 cm³/mol. The van der Waals surface area contributed by atoms with Crippen LogP contribution in [0, 0.1) is 10.1 Å². The summed E-state index contributed by atoms with van der Waals surface area (Å²) in [6.45, 7) is 5.59. The van der Waals surface area contributed by atoms with Crippen LogP contribution in [-0.4, -0.2) is 61.3 Å². The molecule has 2 aliphatic heterocycles. The van der Waals surface area contributed by atoms with Gasteiger partial charge in [-0.25, -0.2) is 0 Å². The number of aliphatic carboxylic acids is 1. The number of nitrogens with one attached hydrogen (secondary N) is 2. The van der Waals surface area contributed by atoms with Crippen LogP contribution in [-0.2, 0) is 19.2 Å². The smallest absolute Gasteiger partial charge is 0.548 e. The minimum absolute atomic E-state index is 0. The second-order valence-electron chi connectivity index (χ2n) is 8.70. The monoisotopic (exact) mass is 486 g/mol. The molecule has 2 N–H and O–H groups in total. The molecule has 0 aliphatic carbocycles. The number of benzene rings is 1. The van der Waals surface area contributed by atoms with Crippen LogP contribution in [0.3, 0.4) is 0 Å². The number of hydrogen-bond donors (Lipinski definition) is 2. The first-order chi connectivity index (χ1) is 14.8. The third-order valence-electron chi connectivity index (χ3n) is 5.64. The zero-order valence-corrected chi connectivity index (χ0v) is 21.7. The number of fused-ring (bicyclic) bond motifs is 1. The topological polar surface area (TPSA) is 162 Å². The number of carbonyl (C=O) groups excluding carboxylic acids is 4. The summed E-state index contributed by atoms with van der Waals surface area (Å²) in [5.74, 6) is -3.66. The maximum absolute atomic E-state index is 13.1. The first kappa shape index (κ1) is 27.1. The molecule has 33 heavy (non-hydrogen) atoms. The summed E-state index contributed by atoms with van der Waals surface area (Å²) < 4.78 is -0.818. The molecule has 1 unspecified atom stereocenters. The van der Waals surface area contributed by atoms with E-state index in [0.29, 0.717) is 5.56 Å². The van der Waals surface area contributed by atoms with Gasteiger partial charge in [0.15, 0.2) is 0 Å². The van der Waals surface area contributed by atoms with Gasteiger partial charge in [-0.2, -0.15) is 0 Å². The fourth-order valence-electron chi connectivity index (χ4n) is 3.70. The van der Waals surface area contributed by atoms with Gasteiger partial charge < -0.3 is 25.4 Å². The Kier molecular flexibility index (Phi) is 7.89. The van der Waals surface area contributed by atoms with Crippen LogP contribution in [0.4, 0.5) is 0 Å². The molecule has 4 atom stereocenters. The maximum atomic E-state index is 13.1. The summed E-state index contributed by atoms with van der Waals surface area (Å²) in [4.78, 5) is 61.5. The molecule has 2 heterocycles. The zero-order chi connectivity index (χ0) is 24.0. The first-order valence-electron chi connectivity index (χ1n) is 9.80. The molecule has 0 aromatic heterocycles. The number of nitro groups is 1. The van der Waals surface area contributed by atoms with E-state index in [4.69, 9.17) is 0 Å². The number of nitrogens with zero attached hydrogens (tertiary/aromatic N) is 2. The molecular formula is C20H23N4NaO7S. The Morgan fingerprint density at radius 3 is 2.30 bits per heavy atom. The molecule has 11 nitrogen and oxygen atoms in total. The number of carboxylic acids is 1. The molecule has 2 saturated heterocycles. The van der Waals surface area contributed by atoms with Crippen LogP contribution in [0.5, 0.6) is 0 Å². The van der Waals surface area contributed by atoms with Crippen LogP contribution in [0.15, 0.2) is 30.3 Å². The fourth-order valence-corrected chi connectivity index (χ4v) is 5.32. The zero-order valence-electron chi connectivity index (χ0n) is 18.9. The second kappa shape index (κ2) is 9.61. The van der Waals surface area contributed by atoms with Crippen LogP contribution >= 0.6 is 11.8 Å². The van der Waals surface area contributed by atoms with Crippen LogP contribution in [0.2, 0.25) is 0 Å². The molecule has 13 heteroatoms. The van der Waals surface area contributed by atoms with Crippen molar-refractivity contribution in [3.63, 3.8) is 0 Å². The van der Waals surface area contributed by atoms with E-state index in [1.807, 2.05) is 0 Å². The summed E-state index contributed by atoms with van der Waals surface area (Å²) in [6, 6.07) is 4.68. The Hall–Kier alpha value is -2.15. The molecule has 1 aromatic rings. The van der Waals surface area contributed by atoms with Gasteiger partial charge in [0.25, 0.3) is 11.4 Å². The summed E-state index contributed by atoms with van der Waals surface area (Å²) in [7, 11) is 0. The summed E-state index contributed by atoms with van der Waals surface area (Å²) in [6.07, 6.45) is 0. The SMILES string of the molecule is CC1(C)S[C@@H]2[C@H](NC(=O)C(NC(=O)C(C)(C)[N+](=O)[O-])c3ccccc3)C(=O)N2[C@H]1C(=O)[O-].[Na+]. The van der Waals surface area contributed by atoms with Gasteiger partial charge in [0.05, 0.1) is 12.0 Å². The third kappa shape index (κ3) is 4.88. The average Bonchev–Trinajstić information content (AvgIpc) is 2.98. The van der Waals surface area contributed by atoms with Gasteiger partial charge in [0.2, 0.25) is 11.8 Å². The van der Waals surface area contributed by atoms with E-state index in [2.05, 4.69) is 10.6 Å². The number of thioether (sulfide) groups is 1. The number of amides is 3. The Bertz CT molecular complexity index is 988. The minimum Gasteiger partial charge on any atom is -0.548 e. The van der Waals surface area contributed by atoms with Crippen molar-refractivity contribution in [1.29, 1.82) is 0 Å². The largest absolute Gasteiger partial charge is 1.00 e. The molecule has 3 rings (SSSR count). The fraction of sp³-hybridized carbons (Fsp3) is 0.500. The summed E-state index contributed by atoms with van der Waals surface area (Å²) in [5, 5.41) is 27.1. The molecule has 1 aromatic carbocycles. The van der Waals surface area contributed by atoms with E-state index in [-0.39, 0.29) is 29.6 Å². The van der Waals surface area contributed by atoms with Gasteiger partial charge in [-0.1, -0.05) is 30.3 Å². The molecule has 3 amide bonds. The number of carbonyl (C=O) groups is 4. The van der Waals surface area contributed by atoms with E-state index in [0.717, 1.165) is 13.8 Å². The number of hydrogen-bond acceptors (Lipinski definition) is 8.